The molecule has 1 aliphatic heterocycles. The monoisotopic (exact) mass is 1030 g/mol. The van der Waals surface area contributed by atoms with Gasteiger partial charge in [0.25, 0.3) is 0 Å². The van der Waals surface area contributed by atoms with Crippen molar-refractivity contribution >= 4 is 5.91 Å². The molecule has 0 aromatic rings. The Kier molecular flexibility index (Phi) is 48.1. The molecule has 1 rings (SSSR count). The fourth-order valence-electron chi connectivity index (χ4n) is 9.59. The molecule has 11 nitrogen and oxygen atoms in total. The maximum Gasteiger partial charge on any atom is 0.249 e. The van der Waals surface area contributed by atoms with E-state index < -0.39 is 74.2 Å². The Morgan fingerprint density at radius 3 is 1.22 bits per heavy atom. The van der Waals surface area contributed by atoms with Crippen LogP contribution in [0.4, 0.5) is 0 Å². The predicted molar refractivity (Wildman–Crippen MR) is 302 cm³/mol. The lowest BCUT2D eigenvalue weighted by atomic mass is 9.98. The topological polar surface area (TPSA) is 189 Å². The number of unbranched alkanes of at least 4 members (excludes halogenated alkanes) is 32. The van der Waals surface area contributed by atoms with Gasteiger partial charge in [0.1, 0.15) is 36.6 Å². The maximum atomic E-state index is 13.2. The van der Waals surface area contributed by atoms with E-state index in [1.807, 2.05) is 0 Å². The van der Waals surface area contributed by atoms with Gasteiger partial charge in [0, 0.05) is 0 Å². The second-order valence-electron chi connectivity index (χ2n) is 21.4. The van der Waals surface area contributed by atoms with Gasteiger partial charge in [-0.15, -0.1) is 0 Å². The number of hydrogen-bond donors (Lipinski definition) is 8. The van der Waals surface area contributed by atoms with Crippen LogP contribution >= 0.6 is 0 Å². The van der Waals surface area contributed by atoms with Crippen LogP contribution in [0.3, 0.4) is 0 Å². The molecular formula is C62H115NO10. The van der Waals surface area contributed by atoms with Crippen molar-refractivity contribution in [1.82, 2.24) is 5.32 Å². The van der Waals surface area contributed by atoms with Gasteiger partial charge in [-0.1, -0.05) is 229 Å². The molecule has 1 fully saturated rings. The lowest BCUT2D eigenvalue weighted by Crippen LogP contribution is -2.60. The molecule has 428 valence electrons. The molecule has 1 amide bonds. The fourth-order valence-corrected chi connectivity index (χ4v) is 9.59. The van der Waals surface area contributed by atoms with Crippen LogP contribution in [0.25, 0.3) is 0 Å². The third kappa shape index (κ3) is 39.1. The van der Waals surface area contributed by atoms with E-state index in [9.17, 15) is 40.5 Å². The van der Waals surface area contributed by atoms with Gasteiger partial charge in [-0.3, -0.25) is 4.79 Å². The van der Waals surface area contributed by atoms with Crippen molar-refractivity contribution in [2.45, 2.75) is 326 Å². The number of hydrogen-bond acceptors (Lipinski definition) is 10. The number of aliphatic hydroxyl groups excluding tert-OH is 7. The summed E-state index contributed by atoms with van der Waals surface area (Å²) >= 11 is 0. The number of nitrogens with one attached hydrogen (secondary N) is 1. The third-order valence-corrected chi connectivity index (χ3v) is 14.6. The van der Waals surface area contributed by atoms with Gasteiger partial charge in [-0.2, -0.15) is 0 Å². The second kappa shape index (κ2) is 50.9. The number of allylic oxidation sites excluding steroid dienone is 8. The highest BCUT2D eigenvalue weighted by atomic mass is 16.7. The molecule has 0 bridgehead atoms. The Morgan fingerprint density at radius 2 is 0.822 bits per heavy atom. The van der Waals surface area contributed by atoms with Crippen molar-refractivity contribution in [3.63, 3.8) is 0 Å². The van der Waals surface area contributed by atoms with Crippen LogP contribution in [0.5, 0.6) is 0 Å². The lowest BCUT2D eigenvalue weighted by Gasteiger charge is -2.40. The number of amides is 1. The van der Waals surface area contributed by atoms with E-state index >= 15 is 0 Å². The molecule has 1 aliphatic rings. The van der Waals surface area contributed by atoms with E-state index in [2.05, 4.69) is 67.8 Å². The van der Waals surface area contributed by atoms with E-state index in [1.165, 1.54) is 180 Å². The number of carbonyl (C=O) groups is 1. The molecule has 9 atom stereocenters. The van der Waals surface area contributed by atoms with Crippen molar-refractivity contribution in [3.05, 3.63) is 48.6 Å². The van der Waals surface area contributed by atoms with Gasteiger partial charge in [-0.05, 0) is 89.9 Å². The Labute approximate surface area is 447 Å². The van der Waals surface area contributed by atoms with Gasteiger partial charge >= 0.3 is 0 Å². The molecule has 73 heavy (non-hydrogen) atoms. The van der Waals surface area contributed by atoms with E-state index in [1.54, 1.807) is 0 Å². The fraction of sp³-hybridized carbons (Fsp3) is 0.855. The van der Waals surface area contributed by atoms with Crippen molar-refractivity contribution in [3.8, 4) is 0 Å². The van der Waals surface area contributed by atoms with Crippen LogP contribution in [0.2, 0.25) is 0 Å². The first-order chi connectivity index (χ1) is 35.7. The van der Waals surface area contributed by atoms with E-state index in [0.29, 0.717) is 19.3 Å². The first-order valence-corrected chi connectivity index (χ1v) is 30.5. The van der Waals surface area contributed by atoms with Gasteiger partial charge in [0.05, 0.1) is 25.4 Å². The minimum absolute atomic E-state index is 0.240. The maximum absolute atomic E-state index is 13.2. The number of ether oxygens (including phenoxy) is 2. The number of aliphatic hydroxyl groups is 7. The largest absolute Gasteiger partial charge is 0.394 e. The zero-order valence-electron chi connectivity index (χ0n) is 46.9. The summed E-state index contributed by atoms with van der Waals surface area (Å²) in [5, 5.41) is 76.2. The smallest absolute Gasteiger partial charge is 0.249 e. The van der Waals surface area contributed by atoms with Crippen molar-refractivity contribution in [2.24, 2.45) is 0 Å². The van der Waals surface area contributed by atoms with Crippen LogP contribution in [0.15, 0.2) is 48.6 Å². The van der Waals surface area contributed by atoms with Crippen LogP contribution in [-0.4, -0.2) is 110 Å². The predicted octanol–water partition coefficient (Wildman–Crippen LogP) is 13.2. The third-order valence-electron chi connectivity index (χ3n) is 14.6. The van der Waals surface area contributed by atoms with Gasteiger partial charge < -0.3 is 50.5 Å². The van der Waals surface area contributed by atoms with Crippen molar-refractivity contribution in [1.29, 1.82) is 0 Å². The average Bonchev–Trinajstić information content (AvgIpc) is 3.39. The Balaban J connectivity index is 2.31. The second-order valence-corrected chi connectivity index (χ2v) is 21.4. The van der Waals surface area contributed by atoms with Gasteiger partial charge in [-0.25, -0.2) is 0 Å². The zero-order valence-corrected chi connectivity index (χ0v) is 46.9. The Morgan fingerprint density at radius 1 is 0.466 bits per heavy atom. The summed E-state index contributed by atoms with van der Waals surface area (Å²) in [5.74, 6) is -0.712. The summed E-state index contributed by atoms with van der Waals surface area (Å²) in [5.41, 5.74) is 0. The van der Waals surface area contributed by atoms with E-state index in [0.717, 1.165) is 44.9 Å². The summed E-state index contributed by atoms with van der Waals surface area (Å²) in [6.45, 7) is 3.45. The normalized spacial score (nSPS) is 20.3. The van der Waals surface area contributed by atoms with Crippen molar-refractivity contribution < 1.29 is 50.0 Å². The summed E-state index contributed by atoms with van der Waals surface area (Å²) in [7, 11) is 0. The molecule has 0 radical (unpaired) electrons. The number of carbonyl (C=O) groups excluding carboxylic acids is 1. The molecule has 8 N–H and O–H groups in total. The molecule has 0 spiro atoms. The summed E-state index contributed by atoms with van der Waals surface area (Å²) in [6, 6.07) is -1.20. The highest BCUT2D eigenvalue weighted by molar-refractivity contribution is 5.80. The Bertz CT molecular complexity index is 1320. The zero-order chi connectivity index (χ0) is 53.3. The highest BCUT2D eigenvalue weighted by Gasteiger charge is 2.44. The minimum Gasteiger partial charge on any atom is -0.394 e. The molecule has 9 unspecified atom stereocenters. The molecule has 1 heterocycles. The molecule has 1 saturated heterocycles. The van der Waals surface area contributed by atoms with Crippen LogP contribution in [-0.2, 0) is 14.3 Å². The molecule has 0 aromatic heterocycles. The minimum atomic E-state index is -1.67. The molecule has 0 aromatic carbocycles. The van der Waals surface area contributed by atoms with Crippen LogP contribution < -0.4 is 5.32 Å². The quantitative estimate of drug-likeness (QED) is 0.0215. The lowest BCUT2D eigenvalue weighted by molar-refractivity contribution is -0.303. The molecular weight excluding hydrogens is 919 g/mol. The molecule has 0 aliphatic carbocycles. The average molecular weight is 1030 g/mol. The summed E-state index contributed by atoms with van der Waals surface area (Å²) < 4.78 is 11.1. The first-order valence-electron chi connectivity index (χ1n) is 30.5. The molecule has 11 heteroatoms. The van der Waals surface area contributed by atoms with Gasteiger partial charge in [0.15, 0.2) is 6.29 Å². The molecule has 0 saturated carbocycles. The van der Waals surface area contributed by atoms with E-state index in [-0.39, 0.29) is 12.8 Å². The van der Waals surface area contributed by atoms with Crippen LogP contribution in [0.1, 0.15) is 271 Å². The first kappa shape index (κ1) is 69.1. The summed E-state index contributed by atoms with van der Waals surface area (Å²) in [6.07, 6.45) is 53.1. The standard InChI is InChI=1S/C62H115NO10/c1-3-5-7-9-11-13-15-17-19-21-23-25-26-27-28-29-30-32-34-36-38-40-42-44-46-48-50-55(66)61(71)63-53(52-72-62-60(70)59(69)58(68)56(51-64)73-62)57(67)54(65)49-47-45-43-41-39-37-35-33-31-24-22-20-18-16-14-12-10-8-6-4-2/h20,22,27-28,33,35,41,43,53-60,62,64-70H,3-19,21,23-26,29-32,34,36-40,42,44-52H2,1-2H3,(H,63,71)/b22-20+,28-27-,35-33+,43-41+. The summed E-state index contributed by atoms with van der Waals surface area (Å²) in [4.78, 5) is 13.2. The van der Waals surface area contributed by atoms with Crippen molar-refractivity contribution in [2.75, 3.05) is 13.2 Å². The van der Waals surface area contributed by atoms with E-state index in [4.69, 9.17) is 9.47 Å². The number of rotatable bonds is 52. The highest BCUT2D eigenvalue weighted by Crippen LogP contribution is 2.23. The SMILES string of the molecule is CCCCCCCCC/C=C/CC/C=C/CC/C=C/CCCC(O)C(O)C(COC1OC(CO)C(O)C(O)C1O)NC(=O)C(O)CCCCCCCCCCCC/C=C\CCCCCCCCCCCCCC. The Hall–Kier alpha value is -1.93. The van der Waals surface area contributed by atoms with Gasteiger partial charge in [0.2, 0.25) is 5.91 Å². The van der Waals surface area contributed by atoms with Crippen LogP contribution in [0, 0.1) is 0 Å².